The number of methoxy groups -OCH3 is 1. The molecule has 0 fully saturated rings. The number of nitrogens with zero attached hydrogens (tertiary/aromatic N) is 1. The van der Waals surface area contributed by atoms with Crippen LogP contribution in [-0.4, -0.2) is 18.3 Å². The van der Waals surface area contributed by atoms with E-state index in [-0.39, 0.29) is 15.2 Å². The van der Waals surface area contributed by atoms with E-state index in [0.29, 0.717) is 6.08 Å². The predicted molar refractivity (Wildman–Crippen MR) is 65.7 cm³/mol. The molecule has 2 aromatic rings. The number of hydrogen-bond donors (Lipinski definition) is 0. The van der Waals surface area contributed by atoms with Gasteiger partial charge in [0, 0.05) is 6.08 Å². The average molecular weight is 327 g/mol. The molecule has 21 heavy (non-hydrogen) atoms. The Kier molecular flexibility index (Phi) is 3.87. The maximum Gasteiger partial charge on any atom is 0.448 e. The summed E-state index contributed by atoms with van der Waals surface area (Å²) >= 11 is 0.720. The molecule has 0 unspecified atom stereocenters. The Balaban J connectivity index is 2.46. The summed E-state index contributed by atoms with van der Waals surface area (Å²) in [7, 11) is 0.856. The van der Waals surface area contributed by atoms with Crippen LogP contribution in [0.4, 0.5) is 26.3 Å². The van der Waals surface area contributed by atoms with Gasteiger partial charge in [-0.05, 0) is 18.2 Å². The third-order valence-corrected chi connectivity index (χ3v) is 3.45. The van der Waals surface area contributed by atoms with Gasteiger partial charge >= 0.3 is 12.4 Å². The molecule has 0 aliphatic carbocycles. The summed E-state index contributed by atoms with van der Waals surface area (Å²) in [6.07, 6.45) is -8.56. The zero-order chi connectivity index (χ0) is 15.8. The first-order valence-corrected chi connectivity index (χ1v) is 6.23. The van der Waals surface area contributed by atoms with Crippen LogP contribution in [0.3, 0.4) is 0 Å². The summed E-state index contributed by atoms with van der Waals surface area (Å²) in [5.41, 5.74) is -0.686. The molecule has 0 aliphatic rings. The van der Waals surface area contributed by atoms with Gasteiger partial charge in [-0.1, -0.05) is 0 Å². The summed E-state index contributed by atoms with van der Waals surface area (Å²) < 4.78 is 79.6. The quantitative estimate of drug-likeness (QED) is 0.580. The number of rotatable bonds is 2. The lowest BCUT2D eigenvalue weighted by molar-refractivity contribution is -0.137. The van der Waals surface area contributed by atoms with Crippen molar-refractivity contribution in [3.8, 4) is 0 Å². The number of ether oxygens (including phenoxy) is 1. The molecular formula is C12H7F6NOS. The third kappa shape index (κ3) is 3.46. The summed E-state index contributed by atoms with van der Waals surface area (Å²) in [6.45, 7) is 0. The first kappa shape index (κ1) is 15.6. The number of fused-ring (bicyclic) bond motifs is 1. The summed E-state index contributed by atoms with van der Waals surface area (Å²) in [4.78, 5) is 3.83. The zero-order valence-corrected chi connectivity index (χ0v) is 11.2. The Bertz CT molecular complexity index is 685. The summed E-state index contributed by atoms with van der Waals surface area (Å²) in [6, 6.07) is 2.80. The van der Waals surface area contributed by atoms with Crippen LogP contribution in [0, 0.1) is 0 Å². The highest BCUT2D eigenvalue weighted by atomic mass is 32.1. The van der Waals surface area contributed by atoms with Crippen molar-refractivity contribution in [3.05, 3.63) is 34.5 Å². The SMILES string of the molecule is CO/C(=C\c1nc2ccc(C(F)(F)F)cc2s1)C(F)(F)F. The largest absolute Gasteiger partial charge is 0.492 e. The van der Waals surface area contributed by atoms with Crippen LogP contribution < -0.4 is 0 Å². The van der Waals surface area contributed by atoms with Gasteiger partial charge in [0.05, 0.1) is 22.9 Å². The van der Waals surface area contributed by atoms with Gasteiger partial charge in [-0.2, -0.15) is 26.3 Å². The van der Waals surface area contributed by atoms with E-state index in [1.165, 1.54) is 0 Å². The van der Waals surface area contributed by atoms with Gasteiger partial charge < -0.3 is 4.74 Å². The van der Waals surface area contributed by atoms with Crippen molar-refractivity contribution >= 4 is 27.6 Å². The Hall–Kier alpha value is -1.77. The molecule has 0 saturated heterocycles. The second-order valence-corrected chi connectivity index (χ2v) is 5.01. The van der Waals surface area contributed by atoms with E-state index in [4.69, 9.17) is 0 Å². The molecule has 0 aliphatic heterocycles. The third-order valence-electron chi connectivity index (χ3n) is 2.49. The number of thiazole rings is 1. The second kappa shape index (κ2) is 5.21. The minimum absolute atomic E-state index is 0.0847. The lowest BCUT2D eigenvalue weighted by Crippen LogP contribution is -2.12. The Morgan fingerprint density at radius 1 is 1.19 bits per heavy atom. The molecular weight excluding hydrogens is 320 g/mol. The average Bonchev–Trinajstić information content (AvgIpc) is 2.74. The molecule has 0 N–H and O–H groups in total. The van der Waals surface area contributed by atoms with Gasteiger partial charge in [0.2, 0.25) is 5.76 Å². The minimum Gasteiger partial charge on any atom is -0.492 e. The number of benzene rings is 1. The molecule has 2 rings (SSSR count). The molecule has 0 saturated carbocycles. The molecule has 9 heteroatoms. The van der Waals surface area contributed by atoms with Crippen molar-refractivity contribution in [2.45, 2.75) is 12.4 Å². The molecule has 1 aromatic heterocycles. The van der Waals surface area contributed by atoms with Crippen molar-refractivity contribution in [1.29, 1.82) is 0 Å². The molecule has 0 atom stereocenters. The van der Waals surface area contributed by atoms with Gasteiger partial charge in [0.15, 0.2) is 0 Å². The van der Waals surface area contributed by atoms with E-state index in [1.54, 1.807) is 0 Å². The van der Waals surface area contributed by atoms with Gasteiger partial charge in [0.25, 0.3) is 0 Å². The van der Waals surface area contributed by atoms with Crippen LogP contribution >= 0.6 is 11.3 Å². The smallest absolute Gasteiger partial charge is 0.448 e. The molecule has 0 amide bonds. The topological polar surface area (TPSA) is 22.1 Å². The Morgan fingerprint density at radius 2 is 1.86 bits per heavy atom. The Morgan fingerprint density at radius 3 is 2.38 bits per heavy atom. The fraction of sp³-hybridized carbons (Fsp3) is 0.250. The van der Waals surface area contributed by atoms with Crippen molar-refractivity contribution < 1.29 is 31.1 Å². The Labute approximate surface area is 118 Å². The number of halogens is 6. The first-order chi connectivity index (χ1) is 9.61. The molecule has 1 heterocycles. The lowest BCUT2D eigenvalue weighted by atomic mass is 10.2. The van der Waals surface area contributed by atoms with E-state index in [1.807, 2.05) is 0 Å². The normalized spacial score (nSPS) is 13.8. The molecule has 0 bridgehead atoms. The summed E-state index contributed by atoms with van der Waals surface area (Å²) in [5, 5.41) is -0.0847. The number of allylic oxidation sites excluding steroid dienone is 1. The predicted octanol–water partition coefficient (Wildman–Crippen LogP) is 4.86. The van der Waals surface area contributed by atoms with Crippen LogP contribution in [0.5, 0.6) is 0 Å². The molecule has 2 nitrogen and oxygen atoms in total. The number of hydrogen-bond acceptors (Lipinski definition) is 3. The van der Waals surface area contributed by atoms with Crippen molar-refractivity contribution in [2.75, 3.05) is 7.11 Å². The highest BCUT2D eigenvalue weighted by Crippen LogP contribution is 2.34. The molecule has 0 radical (unpaired) electrons. The van der Waals surface area contributed by atoms with Crippen molar-refractivity contribution in [3.63, 3.8) is 0 Å². The number of aromatic nitrogens is 1. The van der Waals surface area contributed by atoms with E-state index in [0.717, 1.165) is 36.6 Å². The van der Waals surface area contributed by atoms with Crippen LogP contribution in [0.25, 0.3) is 16.3 Å². The van der Waals surface area contributed by atoms with E-state index in [9.17, 15) is 26.3 Å². The van der Waals surface area contributed by atoms with Crippen LogP contribution in [0.1, 0.15) is 10.6 Å². The highest BCUT2D eigenvalue weighted by molar-refractivity contribution is 7.19. The maximum absolute atomic E-state index is 12.5. The van der Waals surface area contributed by atoms with Gasteiger partial charge in [-0.15, -0.1) is 11.3 Å². The fourth-order valence-electron chi connectivity index (χ4n) is 1.55. The lowest BCUT2D eigenvalue weighted by Gasteiger charge is -2.08. The van der Waals surface area contributed by atoms with Crippen LogP contribution in [-0.2, 0) is 10.9 Å². The second-order valence-electron chi connectivity index (χ2n) is 3.94. The molecule has 1 aromatic carbocycles. The zero-order valence-electron chi connectivity index (χ0n) is 10.3. The van der Waals surface area contributed by atoms with Gasteiger partial charge in [0.1, 0.15) is 5.01 Å². The van der Waals surface area contributed by atoms with Crippen molar-refractivity contribution in [1.82, 2.24) is 4.98 Å². The minimum atomic E-state index is -4.69. The summed E-state index contributed by atoms with van der Waals surface area (Å²) in [5.74, 6) is -1.27. The van der Waals surface area contributed by atoms with E-state index >= 15 is 0 Å². The van der Waals surface area contributed by atoms with Gasteiger partial charge in [-0.3, -0.25) is 0 Å². The fourth-order valence-corrected chi connectivity index (χ4v) is 2.49. The first-order valence-electron chi connectivity index (χ1n) is 5.42. The van der Waals surface area contributed by atoms with Crippen LogP contribution in [0.15, 0.2) is 24.0 Å². The maximum atomic E-state index is 12.5. The molecule has 114 valence electrons. The number of alkyl halides is 6. The van der Waals surface area contributed by atoms with Gasteiger partial charge in [-0.25, -0.2) is 4.98 Å². The standard InChI is InChI=1S/C12H7F6NOS/c1-20-9(12(16,17)18)5-10-19-7-3-2-6(11(13,14)15)4-8(7)21-10/h2-5H,1H3/b9-5-. The molecule has 0 spiro atoms. The van der Waals surface area contributed by atoms with Crippen LogP contribution in [0.2, 0.25) is 0 Å². The van der Waals surface area contributed by atoms with E-state index in [2.05, 4.69) is 9.72 Å². The monoisotopic (exact) mass is 327 g/mol. The highest BCUT2D eigenvalue weighted by Gasteiger charge is 2.35. The van der Waals surface area contributed by atoms with E-state index < -0.39 is 23.7 Å². The van der Waals surface area contributed by atoms with Crippen molar-refractivity contribution in [2.24, 2.45) is 0 Å².